The Bertz CT molecular complexity index is 427. The van der Waals surface area contributed by atoms with Crippen LogP contribution in [0.15, 0.2) is 6.07 Å². The Morgan fingerprint density at radius 2 is 2.15 bits per heavy atom. The van der Waals surface area contributed by atoms with Crippen LogP contribution in [0.1, 0.15) is 55.0 Å². The summed E-state index contributed by atoms with van der Waals surface area (Å²) in [4.78, 5) is 5.62. The Kier molecular flexibility index (Phi) is 5.65. The van der Waals surface area contributed by atoms with Gasteiger partial charge in [0.15, 0.2) is 0 Å². The van der Waals surface area contributed by atoms with Gasteiger partial charge in [0.05, 0.1) is 0 Å². The summed E-state index contributed by atoms with van der Waals surface area (Å²) in [6.45, 7) is 15.1. The first kappa shape index (κ1) is 16.0. The van der Waals surface area contributed by atoms with Gasteiger partial charge in [0.1, 0.15) is 0 Å². The summed E-state index contributed by atoms with van der Waals surface area (Å²) in [7, 11) is 0. The van der Waals surface area contributed by atoms with Crippen molar-refractivity contribution in [3.8, 4) is 0 Å². The summed E-state index contributed by atoms with van der Waals surface area (Å²) in [6, 6.07) is 3.58. The molecule has 2 nitrogen and oxygen atoms in total. The lowest BCUT2D eigenvalue weighted by Gasteiger charge is -2.32. The molecule has 0 radical (unpaired) electrons. The van der Waals surface area contributed by atoms with Crippen LogP contribution in [0.3, 0.4) is 0 Å². The van der Waals surface area contributed by atoms with E-state index in [9.17, 15) is 0 Å². The van der Waals surface area contributed by atoms with Gasteiger partial charge in [0.25, 0.3) is 0 Å². The van der Waals surface area contributed by atoms with Gasteiger partial charge < -0.3 is 5.32 Å². The van der Waals surface area contributed by atoms with Crippen molar-refractivity contribution >= 4 is 11.3 Å². The normalized spacial score (nSPS) is 24.4. The van der Waals surface area contributed by atoms with Crippen LogP contribution in [-0.4, -0.2) is 30.6 Å². The topological polar surface area (TPSA) is 15.3 Å². The van der Waals surface area contributed by atoms with Crippen molar-refractivity contribution in [1.29, 1.82) is 0 Å². The third-order valence-electron chi connectivity index (χ3n) is 4.87. The maximum atomic E-state index is 3.75. The summed E-state index contributed by atoms with van der Waals surface area (Å²) >= 11 is 1.94. The molecule has 0 aromatic carbocycles. The van der Waals surface area contributed by atoms with Crippen LogP contribution in [0.25, 0.3) is 0 Å². The average Bonchev–Trinajstić information content (AvgIpc) is 2.66. The number of aryl methyl sites for hydroxylation is 2. The summed E-state index contributed by atoms with van der Waals surface area (Å²) in [6.07, 6.45) is 2.52. The lowest BCUT2D eigenvalue weighted by Crippen LogP contribution is -2.42. The van der Waals surface area contributed by atoms with Crippen LogP contribution in [0.2, 0.25) is 0 Å². The van der Waals surface area contributed by atoms with Gasteiger partial charge in [-0.3, -0.25) is 4.90 Å². The van der Waals surface area contributed by atoms with Gasteiger partial charge in [0.2, 0.25) is 0 Å². The zero-order valence-corrected chi connectivity index (χ0v) is 14.5. The van der Waals surface area contributed by atoms with Crippen molar-refractivity contribution in [2.75, 3.05) is 19.6 Å². The van der Waals surface area contributed by atoms with E-state index in [0.717, 1.165) is 5.92 Å². The number of hydrogen-bond acceptors (Lipinski definition) is 3. The maximum Gasteiger partial charge on any atom is 0.0331 e. The minimum atomic E-state index is 0.548. The summed E-state index contributed by atoms with van der Waals surface area (Å²) in [5, 5.41) is 3.75. The Morgan fingerprint density at radius 1 is 1.40 bits per heavy atom. The zero-order valence-electron chi connectivity index (χ0n) is 13.7. The molecule has 0 spiro atoms. The minimum absolute atomic E-state index is 0.548. The molecule has 2 rings (SSSR count). The van der Waals surface area contributed by atoms with Crippen LogP contribution < -0.4 is 5.32 Å². The van der Waals surface area contributed by atoms with Crippen LogP contribution >= 0.6 is 11.3 Å². The Labute approximate surface area is 128 Å². The monoisotopic (exact) mass is 294 g/mol. The first-order valence-electron chi connectivity index (χ1n) is 8.07. The molecule has 0 aliphatic carbocycles. The molecule has 1 fully saturated rings. The number of thiophene rings is 1. The van der Waals surface area contributed by atoms with E-state index in [1.165, 1.54) is 47.8 Å². The molecular formula is C17H30N2S. The molecule has 3 unspecified atom stereocenters. The van der Waals surface area contributed by atoms with Crippen molar-refractivity contribution in [3.05, 3.63) is 21.4 Å². The highest BCUT2D eigenvalue weighted by Gasteiger charge is 2.26. The van der Waals surface area contributed by atoms with Gasteiger partial charge in [-0.2, -0.15) is 0 Å². The van der Waals surface area contributed by atoms with Crippen LogP contribution in [0, 0.1) is 19.8 Å². The van der Waals surface area contributed by atoms with Gasteiger partial charge in [-0.1, -0.05) is 20.3 Å². The van der Waals surface area contributed by atoms with E-state index in [1.807, 2.05) is 11.3 Å². The number of hydrogen-bond donors (Lipinski definition) is 1. The third kappa shape index (κ3) is 3.63. The molecule has 0 bridgehead atoms. The SMILES string of the molecule is CCC(C)C1CN(C(C)c2cc(C)sc2C)CCCN1. The number of nitrogens with zero attached hydrogens (tertiary/aromatic N) is 1. The highest BCUT2D eigenvalue weighted by molar-refractivity contribution is 7.12. The fourth-order valence-corrected chi connectivity index (χ4v) is 4.27. The predicted molar refractivity (Wildman–Crippen MR) is 89.6 cm³/mol. The van der Waals surface area contributed by atoms with Crippen molar-refractivity contribution in [3.63, 3.8) is 0 Å². The van der Waals surface area contributed by atoms with E-state index in [4.69, 9.17) is 0 Å². The van der Waals surface area contributed by atoms with Gasteiger partial charge in [-0.05, 0) is 51.3 Å². The van der Waals surface area contributed by atoms with Crippen molar-refractivity contribution in [2.45, 2.75) is 59.5 Å². The van der Waals surface area contributed by atoms with Gasteiger partial charge in [-0.15, -0.1) is 11.3 Å². The highest BCUT2D eigenvalue weighted by Crippen LogP contribution is 2.31. The van der Waals surface area contributed by atoms with Gasteiger partial charge in [-0.25, -0.2) is 0 Å². The lowest BCUT2D eigenvalue weighted by molar-refractivity contribution is 0.188. The fraction of sp³-hybridized carbons (Fsp3) is 0.765. The Morgan fingerprint density at radius 3 is 2.75 bits per heavy atom. The predicted octanol–water partition coefficient (Wildman–Crippen LogP) is 4.14. The molecular weight excluding hydrogens is 264 g/mol. The van der Waals surface area contributed by atoms with E-state index < -0.39 is 0 Å². The first-order chi connectivity index (χ1) is 9.52. The van der Waals surface area contributed by atoms with Crippen LogP contribution in [0.4, 0.5) is 0 Å². The maximum absolute atomic E-state index is 3.75. The second-order valence-electron chi connectivity index (χ2n) is 6.34. The standard InChI is InChI=1S/C17H30N2S/c1-6-12(2)17-11-19(9-7-8-18-17)14(4)16-10-13(3)20-15(16)5/h10,12,14,17-18H,6-9,11H2,1-5H3. The average molecular weight is 295 g/mol. The number of rotatable bonds is 4. The molecule has 114 valence electrons. The molecule has 1 saturated heterocycles. The van der Waals surface area contributed by atoms with E-state index in [1.54, 1.807) is 0 Å². The second kappa shape index (κ2) is 7.06. The lowest BCUT2D eigenvalue weighted by atomic mass is 9.98. The minimum Gasteiger partial charge on any atom is -0.312 e. The molecule has 0 saturated carbocycles. The van der Waals surface area contributed by atoms with E-state index in [-0.39, 0.29) is 0 Å². The molecule has 1 aliphatic heterocycles. The molecule has 20 heavy (non-hydrogen) atoms. The molecule has 3 atom stereocenters. The van der Waals surface area contributed by atoms with E-state index in [0.29, 0.717) is 12.1 Å². The molecule has 3 heteroatoms. The number of nitrogens with one attached hydrogen (secondary N) is 1. The highest BCUT2D eigenvalue weighted by atomic mass is 32.1. The van der Waals surface area contributed by atoms with Crippen LogP contribution in [-0.2, 0) is 0 Å². The molecule has 0 amide bonds. The molecule has 1 aliphatic rings. The van der Waals surface area contributed by atoms with Gasteiger partial charge >= 0.3 is 0 Å². The van der Waals surface area contributed by atoms with E-state index >= 15 is 0 Å². The van der Waals surface area contributed by atoms with Crippen molar-refractivity contribution in [1.82, 2.24) is 10.2 Å². The van der Waals surface area contributed by atoms with Crippen molar-refractivity contribution in [2.24, 2.45) is 5.92 Å². The smallest absolute Gasteiger partial charge is 0.0331 e. The van der Waals surface area contributed by atoms with E-state index in [2.05, 4.69) is 50.9 Å². The molecule has 2 heterocycles. The van der Waals surface area contributed by atoms with Gasteiger partial charge in [0, 0.05) is 34.9 Å². The third-order valence-corrected chi connectivity index (χ3v) is 5.85. The quantitative estimate of drug-likeness (QED) is 0.898. The van der Waals surface area contributed by atoms with Crippen LogP contribution in [0.5, 0.6) is 0 Å². The molecule has 1 aromatic heterocycles. The summed E-state index contributed by atoms with van der Waals surface area (Å²) in [5.74, 6) is 0.758. The fourth-order valence-electron chi connectivity index (χ4n) is 3.26. The largest absolute Gasteiger partial charge is 0.312 e. The zero-order chi connectivity index (χ0) is 14.7. The van der Waals surface area contributed by atoms with Crippen molar-refractivity contribution < 1.29 is 0 Å². The summed E-state index contributed by atoms with van der Waals surface area (Å²) < 4.78 is 0. The Balaban J connectivity index is 2.11. The Hall–Kier alpha value is -0.380. The summed E-state index contributed by atoms with van der Waals surface area (Å²) in [5.41, 5.74) is 1.54. The first-order valence-corrected chi connectivity index (χ1v) is 8.89. The molecule has 1 N–H and O–H groups in total. The molecule has 1 aromatic rings. The second-order valence-corrected chi connectivity index (χ2v) is 7.80.